The van der Waals surface area contributed by atoms with E-state index in [9.17, 15) is 4.79 Å². The average molecular weight is 232 g/mol. The van der Waals surface area contributed by atoms with Crippen LogP contribution in [0, 0.1) is 5.92 Å². The lowest BCUT2D eigenvalue weighted by molar-refractivity contribution is 0.0967. The monoisotopic (exact) mass is 232 g/mol. The third-order valence-corrected chi connectivity index (χ3v) is 3.24. The van der Waals surface area contributed by atoms with Crippen LogP contribution in [-0.4, -0.2) is 12.9 Å². The van der Waals surface area contributed by atoms with Crippen LogP contribution in [0.2, 0.25) is 0 Å². The highest BCUT2D eigenvalue weighted by Crippen LogP contribution is 2.35. The van der Waals surface area contributed by atoms with Crippen LogP contribution in [0.4, 0.5) is 0 Å². The SMILES string of the molecule is COc1cc(C(=O)C2CC2)cc(C(C)(C)C)c1. The van der Waals surface area contributed by atoms with E-state index in [2.05, 4.69) is 20.8 Å². The van der Waals surface area contributed by atoms with Crippen molar-refractivity contribution in [3.63, 3.8) is 0 Å². The molecule has 92 valence electrons. The molecule has 1 fully saturated rings. The number of hydrogen-bond acceptors (Lipinski definition) is 2. The molecule has 2 rings (SSSR count). The fourth-order valence-corrected chi connectivity index (χ4v) is 1.87. The van der Waals surface area contributed by atoms with Crippen molar-refractivity contribution < 1.29 is 9.53 Å². The van der Waals surface area contributed by atoms with Crippen molar-refractivity contribution in [2.75, 3.05) is 7.11 Å². The molecule has 1 aliphatic rings. The Labute approximate surface area is 103 Å². The molecule has 0 saturated heterocycles. The van der Waals surface area contributed by atoms with Gasteiger partial charge in [0.2, 0.25) is 0 Å². The fourth-order valence-electron chi connectivity index (χ4n) is 1.87. The van der Waals surface area contributed by atoms with Crippen LogP contribution in [0.15, 0.2) is 18.2 Å². The van der Waals surface area contributed by atoms with E-state index in [4.69, 9.17) is 4.74 Å². The Morgan fingerprint density at radius 2 is 1.88 bits per heavy atom. The Bertz CT molecular complexity index is 437. The standard InChI is InChI=1S/C15H20O2/c1-15(2,3)12-7-11(8-13(9-12)17-4)14(16)10-5-6-10/h7-10H,5-6H2,1-4H3. The number of benzene rings is 1. The quantitative estimate of drug-likeness (QED) is 0.744. The smallest absolute Gasteiger partial charge is 0.166 e. The molecule has 2 heteroatoms. The lowest BCUT2D eigenvalue weighted by atomic mass is 9.85. The molecule has 1 aromatic carbocycles. The summed E-state index contributed by atoms with van der Waals surface area (Å²) >= 11 is 0. The Hall–Kier alpha value is -1.31. The summed E-state index contributed by atoms with van der Waals surface area (Å²) in [7, 11) is 1.65. The molecule has 0 atom stereocenters. The zero-order valence-corrected chi connectivity index (χ0v) is 11.0. The van der Waals surface area contributed by atoms with E-state index >= 15 is 0 Å². The Balaban J connectivity index is 2.41. The number of Topliss-reactive ketones (excluding diaryl/α,β-unsaturated/α-hetero) is 1. The van der Waals surface area contributed by atoms with Crippen molar-refractivity contribution in [1.29, 1.82) is 0 Å². The van der Waals surface area contributed by atoms with Crippen LogP contribution >= 0.6 is 0 Å². The number of methoxy groups -OCH3 is 1. The minimum atomic E-state index is 0.0348. The van der Waals surface area contributed by atoms with Gasteiger partial charge in [0.1, 0.15) is 5.75 Å². The normalized spacial score (nSPS) is 15.8. The summed E-state index contributed by atoms with van der Waals surface area (Å²) < 4.78 is 5.29. The molecular formula is C15H20O2. The molecule has 0 aromatic heterocycles. The zero-order chi connectivity index (χ0) is 12.6. The van der Waals surface area contributed by atoms with Crippen LogP contribution in [0.3, 0.4) is 0 Å². The van der Waals surface area contributed by atoms with E-state index in [1.165, 1.54) is 0 Å². The third-order valence-electron chi connectivity index (χ3n) is 3.24. The minimum Gasteiger partial charge on any atom is -0.497 e. The highest BCUT2D eigenvalue weighted by Gasteiger charge is 2.31. The summed E-state index contributed by atoms with van der Waals surface area (Å²) in [4.78, 5) is 12.1. The number of ether oxygens (including phenoxy) is 1. The maximum Gasteiger partial charge on any atom is 0.166 e. The number of ketones is 1. The molecule has 0 radical (unpaired) electrons. The van der Waals surface area contributed by atoms with Gasteiger partial charge in [-0.2, -0.15) is 0 Å². The first-order valence-electron chi connectivity index (χ1n) is 6.15. The fraction of sp³-hybridized carbons (Fsp3) is 0.533. The van der Waals surface area contributed by atoms with Gasteiger partial charge in [-0.15, -0.1) is 0 Å². The number of rotatable bonds is 3. The maximum atomic E-state index is 12.1. The second-order valence-corrected chi connectivity index (χ2v) is 5.84. The van der Waals surface area contributed by atoms with Crippen molar-refractivity contribution in [1.82, 2.24) is 0 Å². The van der Waals surface area contributed by atoms with Crippen molar-refractivity contribution in [2.45, 2.75) is 39.0 Å². The summed E-state index contributed by atoms with van der Waals surface area (Å²) in [6.45, 7) is 6.44. The summed E-state index contributed by atoms with van der Waals surface area (Å²) in [6, 6.07) is 5.89. The first kappa shape index (κ1) is 12.2. The van der Waals surface area contributed by atoms with Gasteiger partial charge in [-0.1, -0.05) is 20.8 Å². The predicted molar refractivity (Wildman–Crippen MR) is 68.7 cm³/mol. The van der Waals surface area contributed by atoms with Crippen molar-refractivity contribution in [2.24, 2.45) is 5.92 Å². The number of hydrogen-bond donors (Lipinski definition) is 0. The molecule has 0 amide bonds. The maximum absolute atomic E-state index is 12.1. The van der Waals surface area contributed by atoms with Gasteiger partial charge >= 0.3 is 0 Å². The van der Waals surface area contributed by atoms with E-state index in [-0.39, 0.29) is 17.1 Å². The lowest BCUT2D eigenvalue weighted by Crippen LogP contribution is -2.13. The third kappa shape index (κ3) is 2.68. The van der Waals surface area contributed by atoms with Gasteiger partial charge in [0.05, 0.1) is 7.11 Å². The minimum absolute atomic E-state index is 0.0348. The molecule has 1 aliphatic carbocycles. The van der Waals surface area contributed by atoms with E-state index < -0.39 is 0 Å². The topological polar surface area (TPSA) is 26.3 Å². The molecule has 0 heterocycles. The van der Waals surface area contributed by atoms with Crippen LogP contribution in [0.1, 0.15) is 49.5 Å². The van der Waals surface area contributed by atoms with E-state index in [0.717, 1.165) is 29.7 Å². The van der Waals surface area contributed by atoms with Crippen LogP contribution in [-0.2, 0) is 5.41 Å². The highest BCUT2D eigenvalue weighted by molar-refractivity contribution is 5.99. The molecule has 1 saturated carbocycles. The molecule has 0 aliphatic heterocycles. The molecule has 17 heavy (non-hydrogen) atoms. The summed E-state index contributed by atoms with van der Waals surface area (Å²) in [5.41, 5.74) is 1.99. The van der Waals surface area contributed by atoms with Gasteiger partial charge in [0.25, 0.3) is 0 Å². The van der Waals surface area contributed by atoms with Gasteiger partial charge in [-0.05, 0) is 42.0 Å². The van der Waals surface area contributed by atoms with Crippen LogP contribution in [0.25, 0.3) is 0 Å². The molecule has 0 spiro atoms. The van der Waals surface area contributed by atoms with Crippen LogP contribution < -0.4 is 4.74 Å². The first-order chi connectivity index (χ1) is 7.91. The van der Waals surface area contributed by atoms with Gasteiger partial charge in [0, 0.05) is 11.5 Å². The summed E-state index contributed by atoms with van der Waals surface area (Å²) in [6.07, 6.45) is 2.09. The van der Waals surface area contributed by atoms with Gasteiger partial charge in [-0.3, -0.25) is 4.79 Å². The van der Waals surface area contributed by atoms with E-state index in [1.54, 1.807) is 7.11 Å². The molecule has 1 aromatic rings. The van der Waals surface area contributed by atoms with Crippen LogP contribution in [0.5, 0.6) is 5.75 Å². The number of carbonyl (C=O) groups is 1. The predicted octanol–water partition coefficient (Wildman–Crippen LogP) is 3.59. The van der Waals surface area contributed by atoms with Crippen molar-refractivity contribution in [3.8, 4) is 5.75 Å². The van der Waals surface area contributed by atoms with Crippen molar-refractivity contribution in [3.05, 3.63) is 29.3 Å². The number of carbonyl (C=O) groups excluding carboxylic acids is 1. The second-order valence-electron chi connectivity index (χ2n) is 5.84. The van der Waals surface area contributed by atoms with Crippen molar-refractivity contribution >= 4 is 5.78 Å². The summed E-state index contributed by atoms with van der Waals surface area (Å²) in [5, 5.41) is 0. The first-order valence-corrected chi connectivity index (χ1v) is 6.15. The Morgan fingerprint density at radius 3 is 2.35 bits per heavy atom. The Kier molecular flexibility index (Phi) is 2.98. The zero-order valence-electron chi connectivity index (χ0n) is 11.0. The highest BCUT2D eigenvalue weighted by atomic mass is 16.5. The molecule has 0 unspecified atom stereocenters. The van der Waals surface area contributed by atoms with Gasteiger partial charge in [0.15, 0.2) is 5.78 Å². The van der Waals surface area contributed by atoms with Gasteiger partial charge in [-0.25, -0.2) is 0 Å². The van der Waals surface area contributed by atoms with E-state index in [0.29, 0.717) is 0 Å². The average Bonchev–Trinajstić information content (AvgIpc) is 3.10. The molecular weight excluding hydrogens is 212 g/mol. The molecule has 0 bridgehead atoms. The second kappa shape index (κ2) is 4.17. The lowest BCUT2D eigenvalue weighted by Gasteiger charge is -2.20. The summed E-state index contributed by atoms with van der Waals surface area (Å²) in [5.74, 6) is 1.31. The van der Waals surface area contributed by atoms with Gasteiger partial charge < -0.3 is 4.74 Å². The Morgan fingerprint density at radius 1 is 1.24 bits per heavy atom. The largest absolute Gasteiger partial charge is 0.497 e. The molecule has 0 N–H and O–H groups in total. The van der Waals surface area contributed by atoms with E-state index in [1.807, 2.05) is 18.2 Å². The molecule has 2 nitrogen and oxygen atoms in total.